The summed E-state index contributed by atoms with van der Waals surface area (Å²) in [5, 5.41) is 0. The molecule has 0 saturated heterocycles. The minimum absolute atomic E-state index is 0.122. The van der Waals surface area contributed by atoms with Crippen molar-refractivity contribution >= 4 is 38.1 Å². The second kappa shape index (κ2) is 4.86. The molecule has 1 rings (SSSR count). The lowest BCUT2D eigenvalue weighted by molar-refractivity contribution is -0.108. The van der Waals surface area contributed by atoms with E-state index < -0.39 is 0 Å². The van der Waals surface area contributed by atoms with Crippen molar-refractivity contribution in [3.8, 4) is 0 Å². The van der Waals surface area contributed by atoms with E-state index in [1.807, 2.05) is 0 Å². The molecule has 4 heteroatoms. The maximum Gasteiger partial charge on any atom is 0.129 e. The molecule has 1 aromatic carbocycles. The fourth-order valence-electron chi connectivity index (χ4n) is 0.968. The zero-order valence-electron chi connectivity index (χ0n) is 6.58. The van der Waals surface area contributed by atoms with Crippen LogP contribution in [-0.2, 0) is 4.79 Å². The fraction of sp³-hybridized carbons (Fsp3) is 0.222. The summed E-state index contributed by atoms with van der Waals surface area (Å²) < 4.78 is 12.4. The Balaban J connectivity index is 2.92. The Kier molecular flexibility index (Phi) is 4.06. The van der Waals surface area contributed by atoms with Gasteiger partial charge in [-0.15, -0.1) is 0 Å². The summed E-state index contributed by atoms with van der Waals surface area (Å²) in [4.78, 5) is 10.7. The van der Waals surface area contributed by atoms with Gasteiger partial charge in [0.15, 0.2) is 0 Å². The van der Waals surface area contributed by atoms with Crippen LogP contribution in [0, 0.1) is 5.82 Å². The van der Waals surface area contributed by atoms with Gasteiger partial charge in [0.2, 0.25) is 0 Å². The largest absolute Gasteiger partial charge is 0.303 e. The summed E-state index contributed by atoms with van der Waals surface area (Å²) in [5.41, 5.74) is 0.787. The molecule has 70 valence electrons. The van der Waals surface area contributed by atoms with Crippen LogP contribution in [0.5, 0.6) is 0 Å². The van der Waals surface area contributed by atoms with Crippen molar-refractivity contribution in [2.45, 2.75) is 9.65 Å². The maximum atomic E-state index is 12.5. The van der Waals surface area contributed by atoms with Crippen molar-refractivity contribution in [3.05, 3.63) is 35.6 Å². The molecule has 0 spiro atoms. The molecule has 0 aliphatic heterocycles. The molecule has 1 nitrogen and oxygen atoms in total. The summed E-state index contributed by atoms with van der Waals surface area (Å²) in [6, 6.07) is 5.89. The van der Waals surface area contributed by atoms with Crippen LogP contribution in [0.1, 0.15) is 11.5 Å². The highest BCUT2D eigenvalue weighted by Crippen LogP contribution is 2.27. The normalized spacial score (nSPS) is 12.9. The number of hydrogen-bond acceptors (Lipinski definition) is 1. The topological polar surface area (TPSA) is 17.1 Å². The van der Waals surface area contributed by atoms with E-state index >= 15 is 0 Å². The van der Waals surface area contributed by atoms with Crippen molar-refractivity contribution in [1.29, 1.82) is 0 Å². The lowest BCUT2D eigenvalue weighted by Crippen LogP contribution is -2.07. The predicted octanol–water partition coefficient (Wildman–Crippen LogP) is 3.22. The molecule has 13 heavy (non-hydrogen) atoms. The Hall–Kier alpha value is -0.220. The number of carbonyl (C=O) groups excluding carboxylic acids is 1. The van der Waals surface area contributed by atoms with Crippen molar-refractivity contribution in [2.75, 3.05) is 0 Å². The van der Waals surface area contributed by atoms with Crippen LogP contribution < -0.4 is 0 Å². The van der Waals surface area contributed by atoms with Crippen LogP contribution in [0.25, 0.3) is 0 Å². The first-order valence-corrected chi connectivity index (χ1v) is 5.47. The van der Waals surface area contributed by atoms with E-state index in [0.717, 1.165) is 11.8 Å². The molecule has 0 aromatic heterocycles. The molecule has 0 bridgehead atoms. The number of rotatable bonds is 3. The van der Waals surface area contributed by atoms with E-state index in [1.54, 1.807) is 12.1 Å². The zero-order chi connectivity index (χ0) is 9.84. The Bertz CT molecular complexity index is 284. The molecule has 0 aliphatic rings. The van der Waals surface area contributed by atoms with Gasteiger partial charge < -0.3 is 4.79 Å². The molecular weight excluding hydrogens is 303 g/mol. The number of alkyl halides is 2. The third kappa shape index (κ3) is 2.88. The molecule has 1 aromatic rings. The summed E-state index contributed by atoms with van der Waals surface area (Å²) in [7, 11) is 0. The van der Waals surface area contributed by atoms with Crippen LogP contribution in [-0.4, -0.2) is 10.0 Å². The number of halogens is 3. The molecule has 0 radical (unpaired) electrons. The van der Waals surface area contributed by atoms with Gasteiger partial charge in [-0.1, -0.05) is 44.0 Å². The van der Waals surface area contributed by atoms with Crippen LogP contribution in [0.4, 0.5) is 4.39 Å². The highest BCUT2D eigenvalue weighted by atomic mass is 79.9. The number of hydrogen-bond donors (Lipinski definition) is 0. The highest BCUT2D eigenvalue weighted by molar-refractivity contribution is 9.24. The molecular formula is C9H7Br2FO. The van der Waals surface area contributed by atoms with Gasteiger partial charge in [-0.25, -0.2) is 4.39 Å². The van der Waals surface area contributed by atoms with Crippen LogP contribution in [0.15, 0.2) is 24.3 Å². The summed E-state index contributed by atoms with van der Waals surface area (Å²) in [6.07, 6.45) is 0.821. The minimum Gasteiger partial charge on any atom is -0.303 e. The number of benzene rings is 1. The standard InChI is InChI=1S/C9H7Br2FO/c10-9(11)8(5-13)6-1-3-7(12)4-2-6/h1-5,8-9H. The van der Waals surface area contributed by atoms with Gasteiger partial charge in [-0.2, -0.15) is 0 Å². The molecule has 1 unspecified atom stereocenters. The van der Waals surface area contributed by atoms with Crippen LogP contribution >= 0.6 is 31.9 Å². The monoisotopic (exact) mass is 308 g/mol. The second-order valence-electron chi connectivity index (χ2n) is 2.55. The Morgan fingerprint density at radius 3 is 2.15 bits per heavy atom. The SMILES string of the molecule is O=CC(c1ccc(F)cc1)C(Br)Br. The van der Waals surface area contributed by atoms with Crippen molar-refractivity contribution in [2.24, 2.45) is 0 Å². The number of aldehydes is 1. The highest BCUT2D eigenvalue weighted by Gasteiger charge is 2.17. The lowest BCUT2D eigenvalue weighted by atomic mass is 10.0. The van der Waals surface area contributed by atoms with E-state index in [4.69, 9.17) is 0 Å². The van der Waals surface area contributed by atoms with E-state index in [9.17, 15) is 9.18 Å². The summed E-state index contributed by atoms with van der Waals surface area (Å²) in [6.45, 7) is 0. The van der Waals surface area contributed by atoms with Crippen LogP contribution in [0.2, 0.25) is 0 Å². The van der Waals surface area contributed by atoms with Gasteiger partial charge in [-0.05, 0) is 17.7 Å². The molecule has 0 N–H and O–H groups in total. The quantitative estimate of drug-likeness (QED) is 0.619. The van der Waals surface area contributed by atoms with E-state index in [0.29, 0.717) is 0 Å². The van der Waals surface area contributed by atoms with E-state index in [2.05, 4.69) is 31.9 Å². The molecule has 0 heterocycles. The third-order valence-electron chi connectivity index (χ3n) is 1.67. The first-order valence-electron chi connectivity index (χ1n) is 3.64. The van der Waals surface area contributed by atoms with Gasteiger partial charge in [0, 0.05) is 0 Å². The fourth-order valence-corrected chi connectivity index (χ4v) is 1.83. The van der Waals surface area contributed by atoms with E-state index in [1.165, 1.54) is 12.1 Å². The first kappa shape index (κ1) is 10.9. The summed E-state index contributed by atoms with van der Waals surface area (Å²) >= 11 is 6.50. The first-order chi connectivity index (χ1) is 6.15. The number of carbonyl (C=O) groups is 1. The van der Waals surface area contributed by atoms with Crippen molar-refractivity contribution in [1.82, 2.24) is 0 Å². The third-order valence-corrected chi connectivity index (χ3v) is 2.81. The Labute approximate surface area is 92.6 Å². The molecule has 0 amide bonds. The van der Waals surface area contributed by atoms with Gasteiger partial charge in [-0.3, -0.25) is 0 Å². The molecule has 0 fully saturated rings. The minimum atomic E-state index is -0.297. The Morgan fingerprint density at radius 2 is 1.77 bits per heavy atom. The Morgan fingerprint density at radius 1 is 1.23 bits per heavy atom. The van der Waals surface area contributed by atoms with Crippen molar-refractivity contribution < 1.29 is 9.18 Å². The average molecular weight is 310 g/mol. The zero-order valence-corrected chi connectivity index (χ0v) is 9.76. The second-order valence-corrected chi connectivity index (χ2v) is 5.75. The average Bonchev–Trinajstić information content (AvgIpc) is 2.09. The molecule has 0 saturated carbocycles. The molecule has 0 aliphatic carbocycles. The molecule has 1 atom stereocenters. The van der Waals surface area contributed by atoms with Crippen LogP contribution in [0.3, 0.4) is 0 Å². The predicted molar refractivity (Wildman–Crippen MR) is 56.8 cm³/mol. The lowest BCUT2D eigenvalue weighted by Gasteiger charge is -2.11. The van der Waals surface area contributed by atoms with Gasteiger partial charge in [0.1, 0.15) is 12.1 Å². The smallest absolute Gasteiger partial charge is 0.129 e. The van der Waals surface area contributed by atoms with E-state index in [-0.39, 0.29) is 15.5 Å². The maximum absolute atomic E-state index is 12.5. The summed E-state index contributed by atoms with van der Waals surface area (Å²) in [5.74, 6) is -0.588. The van der Waals surface area contributed by atoms with Gasteiger partial charge in [0.05, 0.1) is 9.65 Å². The van der Waals surface area contributed by atoms with Gasteiger partial charge in [0.25, 0.3) is 0 Å². The van der Waals surface area contributed by atoms with Crippen molar-refractivity contribution in [3.63, 3.8) is 0 Å². The van der Waals surface area contributed by atoms with Gasteiger partial charge >= 0.3 is 0 Å².